The zero-order valence-corrected chi connectivity index (χ0v) is 10.8. The van der Waals surface area contributed by atoms with Crippen LogP contribution in [-0.2, 0) is 6.54 Å². The summed E-state index contributed by atoms with van der Waals surface area (Å²) < 4.78 is 7.94. The normalized spacial score (nSPS) is 11.2. The van der Waals surface area contributed by atoms with E-state index in [2.05, 4.69) is 54.0 Å². The van der Waals surface area contributed by atoms with E-state index in [1.165, 1.54) is 21.8 Å². The number of aryl methyl sites for hydroxylation is 1. The molecule has 2 aromatic carbocycles. The number of hydrogen-bond donors (Lipinski definition) is 0. The lowest BCUT2D eigenvalue weighted by Gasteiger charge is -2.05. The van der Waals surface area contributed by atoms with Crippen molar-refractivity contribution in [1.29, 1.82) is 0 Å². The van der Waals surface area contributed by atoms with Crippen molar-refractivity contribution in [2.24, 2.45) is 0 Å². The number of benzene rings is 2. The highest BCUT2D eigenvalue weighted by atomic mass is 16.5. The van der Waals surface area contributed by atoms with Crippen LogP contribution >= 0.6 is 0 Å². The van der Waals surface area contributed by atoms with Gasteiger partial charge in [-0.2, -0.15) is 0 Å². The molecule has 3 rings (SSSR count). The molecule has 0 N–H and O–H groups in total. The largest absolute Gasteiger partial charge is 0.494 e. The molecule has 2 nitrogen and oxygen atoms in total. The highest BCUT2D eigenvalue weighted by molar-refractivity contribution is 6.08. The molecular weight excluding hydrogens is 222 g/mol. The molecule has 0 atom stereocenters. The maximum absolute atomic E-state index is 5.60. The topological polar surface area (TPSA) is 14.2 Å². The zero-order chi connectivity index (χ0) is 12.5. The predicted molar refractivity (Wildman–Crippen MR) is 76.3 cm³/mol. The second-order valence-corrected chi connectivity index (χ2v) is 4.37. The average molecular weight is 239 g/mol. The van der Waals surface area contributed by atoms with E-state index in [-0.39, 0.29) is 0 Å². The fourth-order valence-electron chi connectivity index (χ4n) is 2.63. The third kappa shape index (κ3) is 1.57. The Balaban J connectivity index is 2.37. The Morgan fingerprint density at radius 2 is 1.72 bits per heavy atom. The molecule has 1 heterocycles. The first-order valence-corrected chi connectivity index (χ1v) is 6.49. The molecular formula is C16H17NO. The molecule has 92 valence electrons. The van der Waals surface area contributed by atoms with Gasteiger partial charge in [-0.05, 0) is 32.0 Å². The van der Waals surface area contributed by atoms with Gasteiger partial charge in [0.1, 0.15) is 5.75 Å². The fraction of sp³-hybridized carbons (Fsp3) is 0.250. The van der Waals surface area contributed by atoms with E-state index in [0.29, 0.717) is 6.61 Å². The number of fused-ring (bicyclic) bond motifs is 3. The van der Waals surface area contributed by atoms with Gasteiger partial charge in [0.15, 0.2) is 0 Å². The third-order valence-electron chi connectivity index (χ3n) is 3.37. The van der Waals surface area contributed by atoms with Gasteiger partial charge in [-0.3, -0.25) is 0 Å². The highest BCUT2D eigenvalue weighted by Crippen LogP contribution is 2.31. The van der Waals surface area contributed by atoms with Crippen LogP contribution < -0.4 is 4.74 Å². The Hall–Kier alpha value is -1.96. The molecule has 0 saturated carbocycles. The summed E-state index contributed by atoms with van der Waals surface area (Å²) in [7, 11) is 0. The van der Waals surface area contributed by atoms with Crippen molar-refractivity contribution < 1.29 is 4.74 Å². The van der Waals surface area contributed by atoms with Gasteiger partial charge in [-0.15, -0.1) is 0 Å². The van der Waals surface area contributed by atoms with Crippen LogP contribution in [0.5, 0.6) is 5.75 Å². The van der Waals surface area contributed by atoms with Crippen molar-refractivity contribution >= 4 is 21.8 Å². The van der Waals surface area contributed by atoms with E-state index in [1.807, 2.05) is 6.92 Å². The Morgan fingerprint density at radius 1 is 0.944 bits per heavy atom. The summed E-state index contributed by atoms with van der Waals surface area (Å²) in [5.74, 6) is 0.947. The summed E-state index contributed by atoms with van der Waals surface area (Å²) in [6, 6.07) is 14.9. The Morgan fingerprint density at radius 3 is 2.50 bits per heavy atom. The van der Waals surface area contributed by atoms with Crippen molar-refractivity contribution in [2.45, 2.75) is 20.4 Å². The number of aromatic nitrogens is 1. The van der Waals surface area contributed by atoms with Crippen LogP contribution in [0.15, 0.2) is 42.5 Å². The molecule has 0 amide bonds. The van der Waals surface area contributed by atoms with Crippen molar-refractivity contribution in [1.82, 2.24) is 4.57 Å². The van der Waals surface area contributed by atoms with Crippen LogP contribution in [0.25, 0.3) is 21.8 Å². The van der Waals surface area contributed by atoms with E-state index < -0.39 is 0 Å². The molecule has 3 aromatic rings. The molecule has 0 radical (unpaired) electrons. The SMILES string of the molecule is CCOc1ccc2c3ccccc3n(CC)c2c1. The number of hydrogen-bond acceptors (Lipinski definition) is 1. The van der Waals surface area contributed by atoms with Crippen molar-refractivity contribution in [3.63, 3.8) is 0 Å². The number of ether oxygens (including phenoxy) is 1. The number of rotatable bonds is 3. The molecule has 0 aliphatic rings. The Labute approximate surface area is 107 Å². The molecule has 0 saturated heterocycles. The van der Waals surface area contributed by atoms with Crippen LogP contribution in [0.4, 0.5) is 0 Å². The van der Waals surface area contributed by atoms with E-state index in [4.69, 9.17) is 4.74 Å². The second-order valence-electron chi connectivity index (χ2n) is 4.37. The first kappa shape index (κ1) is 11.1. The van der Waals surface area contributed by atoms with Gasteiger partial charge in [0.05, 0.1) is 12.1 Å². The molecule has 2 heteroatoms. The summed E-state index contributed by atoms with van der Waals surface area (Å²) in [4.78, 5) is 0. The maximum atomic E-state index is 5.60. The van der Waals surface area contributed by atoms with Crippen molar-refractivity contribution in [3.8, 4) is 5.75 Å². The lowest BCUT2D eigenvalue weighted by atomic mass is 10.1. The monoisotopic (exact) mass is 239 g/mol. The summed E-state index contributed by atoms with van der Waals surface area (Å²) in [5.41, 5.74) is 2.55. The molecule has 0 aliphatic heterocycles. The fourth-order valence-corrected chi connectivity index (χ4v) is 2.63. The van der Waals surface area contributed by atoms with Crippen molar-refractivity contribution in [3.05, 3.63) is 42.5 Å². The standard InChI is InChI=1S/C16H17NO/c1-3-17-15-8-6-5-7-13(15)14-10-9-12(18-4-2)11-16(14)17/h5-11H,3-4H2,1-2H3. The predicted octanol–water partition coefficient (Wildman–Crippen LogP) is 4.21. The quantitative estimate of drug-likeness (QED) is 0.667. The smallest absolute Gasteiger partial charge is 0.121 e. The van der Waals surface area contributed by atoms with Gasteiger partial charge in [0, 0.05) is 28.9 Å². The lowest BCUT2D eigenvalue weighted by molar-refractivity contribution is 0.340. The number of nitrogens with zero attached hydrogens (tertiary/aromatic N) is 1. The van der Waals surface area contributed by atoms with Gasteiger partial charge in [0.25, 0.3) is 0 Å². The van der Waals surface area contributed by atoms with Gasteiger partial charge in [0.2, 0.25) is 0 Å². The molecule has 0 aliphatic carbocycles. The van der Waals surface area contributed by atoms with Crippen molar-refractivity contribution in [2.75, 3.05) is 6.61 Å². The minimum absolute atomic E-state index is 0.706. The van der Waals surface area contributed by atoms with E-state index in [9.17, 15) is 0 Å². The van der Waals surface area contributed by atoms with Crippen LogP contribution in [-0.4, -0.2) is 11.2 Å². The van der Waals surface area contributed by atoms with Crippen LogP contribution in [0.1, 0.15) is 13.8 Å². The maximum Gasteiger partial charge on any atom is 0.121 e. The molecule has 0 bridgehead atoms. The average Bonchev–Trinajstić information content (AvgIpc) is 2.72. The first-order valence-electron chi connectivity index (χ1n) is 6.49. The van der Waals surface area contributed by atoms with Gasteiger partial charge >= 0.3 is 0 Å². The lowest BCUT2D eigenvalue weighted by Crippen LogP contribution is -1.94. The molecule has 1 aromatic heterocycles. The van der Waals surface area contributed by atoms with E-state index >= 15 is 0 Å². The van der Waals surface area contributed by atoms with E-state index in [1.54, 1.807) is 0 Å². The highest BCUT2D eigenvalue weighted by Gasteiger charge is 2.09. The van der Waals surface area contributed by atoms with E-state index in [0.717, 1.165) is 12.3 Å². The molecule has 0 unspecified atom stereocenters. The summed E-state index contributed by atoms with van der Waals surface area (Å²) in [6.45, 7) is 5.87. The minimum atomic E-state index is 0.706. The zero-order valence-electron chi connectivity index (χ0n) is 10.8. The molecule has 0 fully saturated rings. The van der Waals surface area contributed by atoms with Gasteiger partial charge in [-0.1, -0.05) is 18.2 Å². The third-order valence-corrected chi connectivity index (χ3v) is 3.37. The summed E-state index contributed by atoms with van der Waals surface area (Å²) >= 11 is 0. The first-order chi connectivity index (χ1) is 8.85. The number of para-hydroxylation sites is 1. The summed E-state index contributed by atoms with van der Waals surface area (Å²) in [5, 5.41) is 2.62. The Bertz CT molecular complexity index is 697. The van der Waals surface area contributed by atoms with Crippen LogP contribution in [0, 0.1) is 0 Å². The summed E-state index contributed by atoms with van der Waals surface area (Å²) in [6.07, 6.45) is 0. The second kappa shape index (κ2) is 4.37. The minimum Gasteiger partial charge on any atom is -0.494 e. The molecule has 18 heavy (non-hydrogen) atoms. The van der Waals surface area contributed by atoms with Gasteiger partial charge in [-0.25, -0.2) is 0 Å². The van der Waals surface area contributed by atoms with Crippen LogP contribution in [0.2, 0.25) is 0 Å². The molecule has 0 spiro atoms. The van der Waals surface area contributed by atoms with Crippen LogP contribution in [0.3, 0.4) is 0 Å². The Kier molecular flexibility index (Phi) is 2.71. The van der Waals surface area contributed by atoms with Gasteiger partial charge < -0.3 is 9.30 Å².